The van der Waals surface area contributed by atoms with E-state index in [1.165, 1.54) is 6.07 Å². The molecule has 25 heavy (non-hydrogen) atoms. The molecule has 0 saturated carbocycles. The molecule has 1 aromatic carbocycles. The minimum Gasteiger partial charge on any atom is -0.345 e. The number of carbonyl (C=O) groups is 1. The summed E-state index contributed by atoms with van der Waals surface area (Å²) in [5.74, 6) is -2.01. The summed E-state index contributed by atoms with van der Waals surface area (Å²) in [4.78, 5) is 24.8. The van der Waals surface area contributed by atoms with Crippen molar-refractivity contribution in [3.05, 3.63) is 62.6 Å². The molecule has 1 atom stereocenters. The van der Waals surface area contributed by atoms with E-state index in [9.17, 15) is 18.4 Å². The first-order chi connectivity index (χ1) is 11.9. The van der Waals surface area contributed by atoms with Gasteiger partial charge in [-0.05, 0) is 30.9 Å². The van der Waals surface area contributed by atoms with E-state index in [1.807, 2.05) is 13.8 Å². The van der Waals surface area contributed by atoms with Gasteiger partial charge in [-0.1, -0.05) is 26.8 Å². The van der Waals surface area contributed by atoms with E-state index < -0.39 is 29.1 Å². The molecule has 1 unspecified atom stereocenters. The van der Waals surface area contributed by atoms with E-state index in [-0.39, 0.29) is 11.1 Å². The van der Waals surface area contributed by atoms with Gasteiger partial charge in [0.25, 0.3) is 11.5 Å². The van der Waals surface area contributed by atoms with Gasteiger partial charge in [0.05, 0.1) is 11.7 Å². The van der Waals surface area contributed by atoms with Crippen molar-refractivity contribution in [2.24, 2.45) is 0 Å². The molecule has 0 spiro atoms. The Morgan fingerprint density at radius 1 is 1.24 bits per heavy atom. The predicted octanol–water partition coefficient (Wildman–Crippen LogP) is 3.05. The number of H-pyrrole nitrogens is 1. The third-order valence-corrected chi connectivity index (χ3v) is 4.14. The molecule has 7 heteroatoms. The summed E-state index contributed by atoms with van der Waals surface area (Å²) < 4.78 is 27.1. The number of halogens is 2. The fourth-order valence-corrected chi connectivity index (χ4v) is 2.85. The zero-order valence-corrected chi connectivity index (χ0v) is 14.5. The van der Waals surface area contributed by atoms with Crippen LogP contribution in [0.1, 0.15) is 60.4 Å². The molecule has 0 radical (unpaired) electrons. The quantitative estimate of drug-likeness (QED) is 0.842. The Morgan fingerprint density at radius 2 is 1.96 bits per heavy atom. The minimum atomic E-state index is -0.735. The van der Waals surface area contributed by atoms with E-state index in [2.05, 4.69) is 15.5 Å². The molecule has 134 valence electrons. The molecule has 0 fully saturated rings. The van der Waals surface area contributed by atoms with E-state index in [4.69, 9.17) is 0 Å². The van der Waals surface area contributed by atoms with Crippen molar-refractivity contribution in [3.63, 3.8) is 0 Å². The van der Waals surface area contributed by atoms with Crippen LogP contribution in [0, 0.1) is 11.6 Å². The fourth-order valence-electron chi connectivity index (χ4n) is 2.85. The Hall–Kier alpha value is -2.57. The zero-order chi connectivity index (χ0) is 18.6. The van der Waals surface area contributed by atoms with Gasteiger partial charge in [-0.2, -0.15) is 5.10 Å². The number of rotatable bonds is 6. The highest BCUT2D eigenvalue weighted by molar-refractivity contribution is 5.95. The zero-order valence-electron chi connectivity index (χ0n) is 14.5. The van der Waals surface area contributed by atoms with Crippen LogP contribution in [-0.2, 0) is 12.8 Å². The number of aromatic amines is 1. The van der Waals surface area contributed by atoms with Crippen LogP contribution in [0.15, 0.2) is 23.0 Å². The second-order valence-electron chi connectivity index (χ2n) is 5.66. The second-order valence-corrected chi connectivity index (χ2v) is 5.66. The van der Waals surface area contributed by atoms with Crippen LogP contribution in [-0.4, -0.2) is 16.1 Å². The van der Waals surface area contributed by atoms with Crippen molar-refractivity contribution in [3.8, 4) is 0 Å². The normalized spacial score (nSPS) is 12.0. The minimum absolute atomic E-state index is 0.00433. The summed E-state index contributed by atoms with van der Waals surface area (Å²) in [7, 11) is 0. The molecule has 0 bridgehead atoms. The first kappa shape index (κ1) is 18.8. The molecular weight excluding hydrogens is 328 g/mol. The van der Waals surface area contributed by atoms with E-state index >= 15 is 0 Å². The topological polar surface area (TPSA) is 74.8 Å². The molecule has 1 amide bonds. The van der Waals surface area contributed by atoms with Crippen molar-refractivity contribution < 1.29 is 13.6 Å². The Labute approximate surface area is 144 Å². The van der Waals surface area contributed by atoms with Gasteiger partial charge >= 0.3 is 0 Å². The van der Waals surface area contributed by atoms with Crippen LogP contribution in [0.5, 0.6) is 0 Å². The summed E-state index contributed by atoms with van der Waals surface area (Å²) >= 11 is 0. The van der Waals surface area contributed by atoms with Crippen LogP contribution in [0.4, 0.5) is 8.78 Å². The van der Waals surface area contributed by atoms with E-state index in [1.54, 1.807) is 6.92 Å². The van der Waals surface area contributed by atoms with E-state index in [0.29, 0.717) is 30.5 Å². The summed E-state index contributed by atoms with van der Waals surface area (Å²) in [6.45, 7) is 5.48. The number of aryl methyl sites for hydroxylation is 1. The Kier molecular flexibility index (Phi) is 6.01. The molecule has 0 aliphatic carbocycles. The average molecular weight is 349 g/mol. The predicted molar refractivity (Wildman–Crippen MR) is 90.5 cm³/mol. The molecule has 0 saturated heterocycles. The summed E-state index contributed by atoms with van der Waals surface area (Å²) in [6.07, 6.45) is 1.44. The monoisotopic (exact) mass is 349 g/mol. The maximum atomic E-state index is 14.0. The summed E-state index contributed by atoms with van der Waals surface area (Å²) in [6, 6.07) is 2.54. The lowest BCUT2D eigenvalue weighted by atomic mass is 10.0. The molecule has 0 aliphatic heterocycles. The summed E-state index contributed by atoms with van der Waals surface area (Å²) in [5.41, 5.74) is 0.819. The number of hydrogen-bond acceptors (Lipinski definition) is 3. The van der Waals surface area contributed by atoms with Gasteiger partial charge in [0.2, 0.25) is 0 Å². The molecule has 2 rings (SSSR count). The average Bonchev–Trinajstić information content (AvgIpc) is 2.59. The second kappa shape index (κ2) is 8.00. The van der Waals surface area contributed by atoms with Crippen LogP contribution in [0.3, 0.4) is 0 Å². The van der Waals surface area contributed by atoms with Crippen molar-refractivity contribution in [1.29, 1.82) is 0 Å². The SMILES string of the molecule is CCc1n[nH]c(=O)c(C(=O)NC(CC)c2ccc(F)cc2F)c1CC. The number of carbonyl (C=O) groups excluding carboxylic acids is 1. The Morgan fingerprint density at radius 3 is 2.52 bits per heavy atom. The van der Waals surface area contributed by atoms with Crippen molar-refractivity contribution >= 4 is 5.91 Å². The lowest BCUT2D eigenvalue weighted by Crippen LogP contribution is -2.35. The third-order valence-electron chi connectivity index (χ3n) is 4.14. The highest BCUT2D eigenvalue weighted by Crippen LogP contribution is 2.22. The maximum Gasteiger partial charge on any atom is 0.277 e. The van der Waals surface area contributed by atoms with Gasteiger partial charge in [0.1, 0.15) is 17.2 Å². The molecular formula is C18H21F2N3O2. The van der Waals surface area contributed by atoms with E-state index in [0.717, 1.165) is 12.1 Å². The van der Waals surface area contributed by atoms with Gasteiger partial charge in [-0.15, -0.1) is 0 Å². The highest BCUT2D eigenvalue weighted by atomic mass is 19.1. The fraction of sp³-hybridized carbons (Fsp3) is 0.389. The third kappa shape index (κ3) is 3.92. The number of aromatic nitrogens is 2. The largest absolute Gasteiger partial charge is 0.345 e. The van der Waals surface area contributed by atoms with Crippen LogP contribution < -0.4 is 10.9 Å². The van der Waals surface area contributed by atoms with Crippen molar-refractivity contribution in [2.75, 3.05) is 0 Å². The first-order valence-electron chi connectivity index (χ1n) is 8.29. The molecule has 1 aromatic heterocycles. The number of benzene rings is 1. The molecule has 1 heterocycles. The van der Waals surface area contributed by atoms with Crippen molar-refractivity contribution in [2.45, 2.75) is 46.1 Å². The number of amides is 1. The van der Waals surface area contributed by atoms with Gasteiger partial charge < -0.3 is 5.32 Å². The van der Waals surface area contributed by atoms with Crippen LogP contribution >= 0.6 is 0 Å². The lowest BCUT2D eigenvalue weighted by molar-refractivity contribution is 0.0932. The Balaban J connectivity index is 2.39. The smallest absolute Gasteiger partial charge is 0.277 e. The van der Waals surface area contributed by atoms with Gasteiger partial charge in [-0.25, -0.2) is 13.9 Å². The maximum absolute atomic E-state index is 14.0. The standard InChI is InChI=1S/C18H21F2N3O2/c1-4-11-15(6-3)22-23-18(25)16(11)17(24)21-14(5-2)12-8-7-10(19)9-13(12)20/h7-9,14H,4-6H2,1-3H3,(H,21,24)(H,23,25). The van der Waals surface area contributed by atoms with Gasteiger partial charge in [0.15, 0.2) is 0 Å². The molecule has 2 aromatic rings. The number of nitrogens with zero attached hydrogens (tertiary/aromatic N) is 1. The summed E-state index contributed by atoms with van der Waals surface area (Å²) in [5, 5.41) is 8.98. The molecule has 2 N–H and O–H groups in total. The van der Waals surface area contributed by atoms with Crippen LogP contribution in [0.2, 0.25) is 0 Å². The molecule has 0 aliphatic rings. The Bertz CT molecular complexity index is 834. The van der Waals surface area contributed by atoms with Gasteiger partial charge in [0, 0.05) is 11.6 Å². The number of nitrogens with one attached hydrogen (secondary N) is 2. The van der Waals surface area contributed by atoms with Gasteiger partial charge in [-0.3, -0.25) is 9.59 Å². The number of hydrogen-bond donors (Lipinski definition) is 2. The highest BCUT2D eigenvalue weighted by Gasteiger charge is 2.23. The first-order valence-corrected chi connectivity index (χ1v) is 8.29. The van der Waals surface area contributed by atoms with Crippen LogP contribution in [0.25, 0.3) is 0 Å². The lowest BCUT2D eigenvalue weighted by Gasteiger charge is -2.19. The molecule has 5 nitrogen and oxygen atoms in total. The van der Waals surface area contributed by atoms with Crippen molar-refractivity contribution in [1.82, 2.24) is 15.5 Å².